The van der Waals surface area contributed by atoms with E-state index in [1.54, 1.807) is 0 Å². The van der Waals surface area contributed by atoms with E-state index in [0.717, 1.165) is 188 Å². The number of nitrogens with zero attached hydrogens (tertiary/aromatic N) is 7. The van der Waals surface area contributed by atoms with E-state index in [9.17, 15) is 0 Å². The molecule has 0 fully saturated rings. The molecule has 0 amide bonds. The van der Waals surface area contributed by atoms with Gasteiger partial charge in [-0.1, -0.05) is 133 Å². The summed E-state index contributed by atoms with van der Waals surface area (Å²) in [5.74, 6) is 0. The Morgan fingerprint density at radius 2 is 0.567 bits per heavy atom. The number of para-hydroxylation sites is 4. The van der Waals surface area contributed by atoms with Gasteiger partial charge in [-0.3, -0.25) is 0 Å². The molecule has 90 heavy (non-hydrogen) atoms. The third kappa shape index (κ3) is 8.00. The zero-order valence-corrected chi connectivity index (χ0v) is 48.1. The fourth-order valence-electron chi connectivity index (χ4n) is 13.6. The number of benzene rings is 10. The minimum Gasteiger partial charge on any atom is -0.456 e. The largest absolute Gasteiger partial charge is 0.456 e. The van der Waals surface area contributed by atoms with Crippen molar-refractivity contribution >= 4 is 110 Å². The minimum atomic E-state index is 0.813. The van der Waals surface area contributed by atoms with Crippen molar-refractivity contribution in [3.63, 3.8) is 0 Å². The number of hydrogen-bond acceptors (Lipinski definition) is 7. The molecule has 418 valence electrons. The first-order valence-corrected chi connectivity index (χ1v) is 30.2. The lowest BCUT2D eigenvalue weighted by Crippen LogP contribution is -1.99. The van der Waals surface area contributed by atoms with Crippen LogP contribution in [0, 0.1) is 0 Å². The molecule has 0 aliphatic heterocycles. The summed E-state index contributed by atoms with van der Waals surface area (Å²) >= 11 is 0. The highest BCUT2D eigenvalue weighted by molar-refractivity contribution is 6.19. The lowest BCUT2D eigenvalue weighted by atomic mass is 10.0. The van der Waals surface area contributed by atoms with Gasteiger partial charge in [0.25, 0.3) is 0 Å². The first-order chi connectivity index (χ1) is 44.5. The van der Waals surface area contributed by atoms with Crippen molar-refractivity contribution in [1.82, 2.24) is 34.1 Å². The van der Waals surface area contributed by atoms with E-state index in [4.69, 9.17) is 33.8 Å². The van der Waals surface area contributed by atoms with Gasteiger partial charge in [-0.25, -0.2) is 24.9 Å². The van der Waals surface area contributed by atoms with E-state index in [-0.39, 0.29) is 0 Å². The fraction of sp³-hybridized carbons (Fsp3) is 0. The lowest BCUT2D eigenvalue weighted by Gasteiger charge is -2.15. The SMILES string of the molecule is c1ccc(-c2ccc3nc(-c4cc(-c5ccc6nc(-c7ccccc7)ccc6n5)cc(-n5c6ccccc6c6cc7c(cc65)c5ccccc5n7-c5cc(-c6ccc7oc8ccccc8c7c6)nc(-c6ccc7oc8ccccc8c7c6)c5)c4)ccc3n2)cc1. The maximum Gasteiger partial charge on any atom is 0.135 e. The number of hydrogen-bond donors (Lipinski definition) is 0. The normalized spacial score (nSPS) is 12.0. The number of furan rings is 2. The van der Waals surface area contributed by atoms with E-state index in [1.807, 2.05) is 60.7 Å². The van der Waals surface area contributed by atoms with Crippen LogP contribution in [0.25, 0.3) is 188 Å². The van der Waals surface area contributed by atoms with Crippen molar-refractivity contribution in [3.8, 4) is 78.9 Å². The Labute approximate surface area is 513 Å². The summed E-state index contributed by atoms with van der Waals surface area (Å²) in [6.45, 7) is 0. The molecule has 0 saturated carbocycles. The van der Waals surface area contributed by atoms with Crippen molar-refractivity contribution in [2.75, 3.05) is 0 Å². The Bertz CT molecular complexity index is 5900. The lowest BCUT2D eigenvalue weighted by molar-refractivity contribution is 0.668. The topological polar surface area (TPSA) is 101 Å². The Balaban J connectivity index is 0.821. The van der Waals surface area contributed by atoms with E-state index in [0.29, 0.717) is 0 Å². The van der Waals surface area contributed by atoms with Gasteiger partial charge in [0, 0.05) is 82.2 Å². The molecule has 9 heterocycles. The van der Waals surface area contributed by atoms with E-state index < -0.39 is 0 Å². The maximum absolute atomic E-state index is 6.34. The van der Waals surface area contributed by atoms with Gasteiger partial charge in [-0.15, -0.1) is 0 Å². The first-order valence-electron chi connectivity index (χ1n) is 30.2. The van der Waals surface area contributed by atoms with E-state index in [2.05, 4.69) is 234 Å². The zero-order chi connectivity index (χ0) is 59.0. The van der Waals surface area contributed by atoms with Gasteiger partial charge in [0.15, 0.2) is 0 Å². The highest BCUT2D eigenvalue weighted by atomic mass is 16.3. The molecule has 0 saturated heterocycles. The van der Waals surface area contributed by atoms with Crippen LogP contribution >= 0.6 is 0 Å². The average molecular weight is 1150 g/mol. The van der Waals surface area contributed by atoms with Crippen molar-refractivity contribution in [1.29, 1.82) is 0 Å². The van der Waals surface area contributed by atoms with E-state index in [1.165, 1.54) is 0 Å². The van der Waals surface area contributed by atoms with Gasteiger partial charge in [-0.2, -0.15) is 0 Å². The first kappa shape index (κ1) is 49.9. The van der Waals surface area contributed by atoms with Crippen molar-refractivity contribution in [2.45, 2.75) is 0 Å². The van der Waals surface area contributed by atoms with Gasteiger partial charge in [0.05, 0.1) is 84.0 Å². The van der Waals surface area contributed by atoms with Crippen LogP contribution in [0.4, 0.5) is 0 Å². The van der Waals surface area contributed by atoms with Crippen LogP contribution in [0.15, 0.2) is 294 Å². The quantitative estimate of drug-likeness (QED) is 0.149. The van der Waals surface area contributed by atoms with E-state index >= 15 is 0 Å². The number of rotatable bonds is 8. The molecule has 9 heteroatoms. The van der Waals surface area contributed by atoms with Gasteiger partial charge in [0.2, 0.25) is 0 Å². The summed E-state index contributed by atoms with van der Waals surface area (Å²) in [5, 5.41) is 8.72. The number of fused-ring (bicyclic) bond motifs is 14. The van der Waals surface area contributed by atoms with Crippen LogP contribution in [0.3, 0.4) is 0 Å². The number of pyridine rings is 5. The molecule has 0 atom stereocenters. The number of aromatic nitrogens is 7. The summed E-state index contributed by atoms with van der Waals surface area (Å²) in [5.41, 5.74) is 24.1. The summed E-state index contributed by atoms with van der Waals surface area (Å²) in [7, 11) is 0. The van der Waals surface area contributed by atoms with Gasteiger partial charge in [0.1, 0.15) is 22.3 Å². The third-order valence-corrected chi connectivity index (χ3v) is 17.9. The van der Waals surface area contributed by atoms with Crippen molar-refractivity contribution in [2.24, 2.45) is 0 Å². The highest BCUT2D eigenvalue weighted by Gasteiger charge is 2.23. The smallest absolute Gasteiger partial charge is 0.135 e. The molecule has 0 unspecified atom stereocenters. The standard InChI is InChI=1S/C81H47N7O2/c1-3-15-48(16-4-1)64-29-33-70-68(82-64)35-31-66(84-70)52-39-53(67-32-36-69-71(85-67)34-30-65(83-69)49-17-5-2-6-18-49)41-54(40-52)87-74-23-11-7-19-56(74)60-47-77-61(46-76(60)87)57-20-8-12-24-75(57)88(77)55-44-72(50-27-37-80-62(42-50)58-21-9-13-25-78(58)89-80)86-73(45-55)51-28-38-81-63(43-51)59-22-10-14-26-79(59)90-81/h1-47H. The molecule has 0 radical (unpaired) electrons. The summed E-state index contributed by atoms with van der Waals surface area (Å²) in [4.78, 5) is 26.4. The Morgan fingerprint density at radius 3 is 1.01 bits per heavy atom. The Kier molecular flexibility index (Phi) is 10.9. The molecular weight excluding hydrogens is 1100 g/mol. The summed E-state index contributed by atoms with van der Waals surface area (Å²) in [6, 6.07) is 100.0. The highest BCUT2D eigenvalue weighted by Crippen LogP contribution is 2.43. The van der Waals surface area contributed by atoms with Crippen LogP contribution in [0.5, 0.6) is 0 Å². The average Bonchev–Trinajstić information content (AvgIpc) is 1.62. The molecule has 9 aromatic heterocycles. The van der Waals surface area contributed by atoms with Crippen LogP contribution in [0.2, 0.25) is 0 Å². The molecule has 0 spiro atoms. The molecule has 0 aliphatic carbocycles. The second-order valence-corrected chi connectivity index (χ2v) is 23.2. The molecule has 0 bridgehead atoms. The van der Waals surface area contributed by atoms with Gasteiger partial charge < -0.3 is 18.0 Å². The predicted octanol–water partition coefficient (Wildman–Crippen LogP) is 21.0. The van der Waals surface area contributed by atoms with Gasteiger partial charge in [-0.05, 0) is 152 Å². The van der Waals surface area contributed by atoms with Crippen LogP contribution in [-0.4, -0.2) is 34.1 Å². The summed E-state index contributed by atoms with van der Waals surface area (Å²) in [6.07, 6.45) is 0. The van der Waals surface area contributed by atoms with Gasteiger partial charge >= 0.3 is 0 Å². The zero-order valence-electron chi connectivity index (χ0n) is 48.1. The second kappa shape index (κ2) is 19.6. The molecule has 0 aliphatic rings. The molecular formula is C81H47N7O2. The molecule has 19 aromatic rings. The molecule has 0 N–H and O–H groups in total. The fourth-order valence-corrected chi connectivity index (χ4v) is 13.6. The third-order valence-electron chi connectivity index (χ3n) is 17.9. The van der Waals surface area contributed by atoms with Crippen LogP contribution in [0.1, 0.15) is 0 Å². The van der Waals surface area contributed by atoms with Crippen molar-refractivity contribution in [3.05, 3.63) is 285 Å². The molecule has 19 rings (SSSR count). The van der Waals surface area contributed by atoms with Crippen LogP contribution in [-0.2, 0) is 0 Å². The minimum absolute atomic E-state index is 0.813. The predicted molar refractivity (Wildman–Crippen MR) is 366 cm³/mol. The second-order valence-electron chi connectivity index (χ2n) is 23.2. The Hall–Kier alpha value is -12.3. The monoisotopic (exact) mass is 1150 g/mol. The summed E-state index contributed by atoms with van der Waals surface area (Å²) < 4.78 is 17.5. The van der Waals surface area contributed by atoms with Crippen molar-refractivity contribution < 1.29 is 8.83 Å². The molecule has 10 aromatic carbocycles. The van der Waals surface area contributed by atoms with Crippen LogP contribution < -0.4 is 0 Å². The Morgan fingerprint density at radius 1 is 0.200 bits per heavy atom. The maximum atomic E-state index is 6.34. The molecule has 9 nitrogen and oxygen atoms in total.